The maximum atomic E-state index is 10.1. The van der Waals surface area contributed by atoms with E-state index in [1.54, 1.807) is 0 Å². The highest BCUT2D eigenvalue weighted by Crippen LogP contribution is 2.36. The smallest absolute Gasteiger partial charge is 0.0992 e. The van der Waals surface area contributed by atoms with Crippen LogP contribution in [0.25, 0.3) is 60.9 Å². The van der Waals surface area contributed by atoms with Crippen LogP contribution in [0.15, 0.2) is 133 Å². The number of nitriles is 3. The molecule has 6 aromatic carbocycles. The van der Waals surface area contributed by atoms with E-state index in [2.05, 4.69) is 71.3 Å². The maximum Gasteiger partial charge on any atom is 0.0992 e. The lowest BCUT2D eigenvalue weighted by molar-refractivity contribution is 1.18. The van der Waals surface area contributed by atoms with Gasteiger partial charge in [-0.15, -0.1) is 0 Å². The molecule has 4 heteroatoms. The predicted octanol–water partition coefficient (Wildman–Crippen LogP) is 9.40. The predicted molar refractivity (Wildman–Crippen MR) is 171 cm³/mol. The van der Waals surface area contributed by atoms with E-state index in [1.807, 2.05) is 84.9 Å². The molecule has 0 amide bonds. The molecule has 0 aliphatic carbocycles. The quantitative estimate of drug-likeness (QED) is 0.221. The summed E-state index contributed by atoms with van der Waals surface area (Å²) in [5, 5.41) is 31.6. The second-order valence-corrected chi connectivity index (χ2v) is 10.4. The SMILES string of the molecule is N#Cc1cc(-c2cccc(-c3ccccc3)c2)cc(-c2cc(C#N)cc(-n3c4ccccc4c4cc(C#N)ccc43)c2)c1. The van der Waals surface area contributed by atoms with Crippen molar-refractivity contribution >= 4 is 21.8 Å². The number of rotatable bonds is 4. The summed E-state index contributed by atoms with van der Waals surface area (Å²) >= 11 is 0. The van der Waals surface area contributed by atoms with Gasteiger partial charge >= 0.3 is 0 Å². The summed E-state index contributed by atoms with van der Waals surface area (Å²) in [5.41, 5.74) is 10.3. The summed E-state index contributed by atoms with van der Waals surface area (Å²) in [6.45, 7) is 0. The lowest BCUT2D eigenvalue weighted by Crippen LogP contribution is -1.96. The van der Waals surface area contributed by atoms with Gasteiger partial charge in [0.1, 0.15) is 0 Å². The van der Waals surface area contributed by atoms with Crippen LogP contribution in [0.2, 0.25) is 0 Å². The van der Waals surface area contributed by atoms with Crippen molar-refractivity contribution in [1.29, 1.82) is 15.8 Å². The fourth-order valence-corrected chi connectivity index (χ4v) is 5.83. The fraction of sp³-hybridized carbons (Fsp3) is 0. The zero-order valence-corrected chi connectivity index (χ0v) is 23.0. The van der Waals surface area contributed by atoms with Gasteiger partial charge in [-0.2, -0.15) is 15.8 Å². The van der Waals surface area contributed by atoms with E-state index in [0.29, 0.717) is 16.7 Å². The van der Waals surface area contributed by atoms with Crippen LogP contribution in [0.4, 0.5) is 0 Å². The first kappa shape index (κ1) is 25.6. The molecule has 1 aromatic heterocycles. The standard InChI is InChI=1S/C39H22N4/c40-23-26-13-14-39-37(19-26)36-11-4-5-12-38(36)43(39)35-18-28(25-42)17-34(22-35)33-16-27(24-41)15-32(21-33)31-10-6-9-30(20-31)29-7-2-1-3-8-29/h1-22H. The van der Waals surface area contributed by atoms with E-state index in [9.17, 15) is 15.8 Å². The van der Waals surface area contributed by atoms with Gasteiger partial charge in [-0.3, -0.25) is 0 Å². The molecule has 0 atom stereocenters. The molecular formula is C39H22N4. The zero-order valence-electron chi connectivity index (χ0n) is 23.0. The van der Waals surface area contributed by atoms with Gasteiger partial charge in [0.15, 0.2) is 0 Å². The average Bonchev–Trinajstić information content (AvgIpc) is 3.42. The molecule has 0 saturated heterocycles. The molecule has 7 aromatic rings. The molecule has 0 unspecified atom stereocenters. The Balaban J connectivity index is 1.42. The molecule has 0 aliphatic heterocycles. The van der Waals surface area contributed by atoms with Crippen molar-refractivity contribution in [2.45, 2.75) is 0 Å². The fourth-order valence-electron chi connectivity index (χ4n) is 5.83. The van der Waals surface area contributed by atoms with E-state index in [0.717, 1.165) is 60.9 Å². The minimum absolute atomic E-state index is 0.516. The number of hydrogen-bond donors (Lipinski definition) is 0. The molecule has 0 N–H and O–H groups in total. The average molecular weight is 547 g/mol. The Labute approximate surface area is 249 Å². The maximum absolute atomic E-state index is 10.1. The normalized spacial score (nSPS) is 10.7. The topological polar surface area (TPSA) is 76.3 Å². The molecule has 1 heterocycles. The van der Waals surface area contributed by atoms with Crippen molar-refractivity contribution in [3.63, 3.8) is 0 Å². The minimum Gasteiger partial charge on any atom is -0.309 e. The number of aromatic nitrogens is 1. The van der Waals surface area contributed by atoms with E-state index >= 15 is 0 Å². The number of nitrogens with zero attached hydrogens (tertiary/aromatic N) is 4. The van der Waals surface area contributed by atoms with E-state index in [-0.39, 0.29) is 0 Å². The van der Waals surface area contributed by atoms with Crippen LogP contribution in [0.1, 0.15) is 16.7 Å². The van der Waals surface area contributed by atoms with E-state index < -0.39 is 0 Å². The first-order chi connectivity index (χ1) is 21.1. The van der Waals surface area contributed by atoms with Gasteiger partial charge in [0.2, 0.25) is 0 Å². The highest BCUT2D eigenvalue weighted by atomic mass is 15.0. The first-order valence-electron chi connectivity index (χ1n) is 13.9. The van der Waals surface area contributed by atoms with E-state index in [4.69, 9.17) is 0 Å². The van der Waals surface area contributed by atoms with Gasteiger partial charge in [0, 0.05) is 16.5 Å². The van der Waals surface area contributed by atoms with Crippen molar-refractivity contribution in [3.8, 4) is 57.3 Å². The third kappa shape index (κ3) is 4.58. The highest BCUT2D eigenvalue weighted by Gasteiger charge is 2.15. The molecule has 0 fully saturated rings. The minimum atomic E-state index is 0.516. The molecule has 0 saturated carbocycles. The molecule has 7 rings (SSSR count). The summed E-state index contributed by atoms with van der Waals surface area (Å²) < 4.78 is 2.13. The lowest BCUT2D eigenvalue weighted by Gasteiger charge is -2.13. The van der Waals surface area contributed by atoms with Crippen molar-refractivity contribution in [1.82, 2.24) is 4.57 Å². The van der Waals surface area contributed by atoms with Crippen LogP contribution in [0.3, 0.4) is 0 Å². The second-order valence-electron chi connectivity index (χ2n) is 10.4. The van der Waals surface area contributed by atoms with Gasteiger partial charge in [-0.1, -0.05) is 66.7 Å². The number of fused-ring (bicyclic) bond motifs is 3. The monoisotopic (exact) mass is 546 g/mol. The van der Waals surface area contributed by atoms with Crippen molar-refractivity contribution in [3.05, 3.63) is 150 Å². The van der Waals surface area contributed by atoms with Gasteiger partial charge in [-0.05, 0) is 100 Å². The Morgan fingerprint density at radius 1 is 0.372 bits per heavy atom. The number of para-hydroxylation sites is 1. The Kier molecular flexibility index (Phi) is 6.26. The van der Waals surface area contributed by atoms with Crippen LogP contribution in [0.5, 0.6) is 0 Å². The highest BCUT2D eigenvalue weighted by molar-refractivity contribution is 6.09. The van der Waals surface area contributed by atoms with Crippen LogP contribution in [-0.2, 0) is 0 Å². The number of benzene rings is 6. The Morgan fingerprint density at radius 3 is 1.67 bits per heavy atom. The third-order valence-electron chi connectivity index (χ3n) is 7.81. The first-order valence-corrected chi connectivity index (χ1v) is 13.9. The van der Waals surface area contributed by atoms with Crippen LogP contribution in [-0.4, -0.2) is 4.57 Å². The van der Waals surface area contributed by atoms with Gasteiger partial charge in [0.05, 0.1) is 45.9 Å². The molecule has 0 aliphatic rings. The molecule has 4 nitrogen and oxygen atoms in total. The molecule has 198 valence electrons. The van der Waals surface area contributed by atoms with Gasteiger partial charge < -0.3 is 4.57 Å². The van der Waals surface area contributed by atoms with Crippen LogP contribution >= 0.6 is 0 Å². The Morgan fingerprint density at radius 2 is 0.930 bits per heavy atom. The Bertz CT molecular complexity index is 2320. The van der Waals surface area contributed by atoms with Gasteiger partial charge in [0.25, 0.3) is 0 Å². The van der Waals surface area contributed by atoms with Crippen molar-refractivity contribution < 1.29 is 0 Å². The molecule has 0 bridgehead atoms. The van der Waals surface area contributed by atoms with Crippen LogP contribution < -0.4 is 0 Å². The molecule has 43 heavy (non-hydrogen) atoms. The summed E-state index contributed by atoms with van der Waals surface area (Å²) in [4.78, 5) is 0. The van der Waals surface area contributed by atoms with Crippen LogP contribution in [0, 0.1) is 34.0 Å². The van der Waals surface area contributed by atoms with Gasteiger partial charge in [-0.25, -0.2) is 0 Å². The van der Waals surface area contributed by atoms with Crippen molar-refractivity contribution in [2.75, 3.05) is 0 Å². The second kappa shape index (κ2) is 10.5. The molecule has 0 spiro atoms. The summed E-state index contributed by atoms with van der Waals surface area (Å²) in [6, 6.07) is 50.9. The molecular weight excluding hydrogens is 524 g/mol. The Hall–Kier alpha value is -6.41. The molecule has 0 radical (unpaired) electrons. The lowest BCUT2D eigenvalue weighted by atomic mass is 9.93. The third-order valence-corrected chi connectivity index (χ3v) is 7.81. The summed E-state index contributed by atoms with van der Waals surface area (Å²) in [7, 11) is 0. The van der Waals surface area contributed by atoms with Crippen molar-refractivity contribution in [2.24, 2.45) is 0 Å². The summed E-state index contributed by atoms with van der Waals surface area (Å²) in [5.74, 6) is 0. The summed E-state index contributed by atoms with van der Waals surface area (Å²) in [6.07, 6.45) is 0. The van der Waals surface area contributed by atoms with E-state index in [1.165, 1.54) is 0 Å². The largest absolute Gasteiger partial charge is 0.309 e. The zero-order chi connectivity index (χ0) is 29.3. The number of hydrogen-bond acceptors (Lipinski definition) is 3.